The van der Waals surface area contributed by atoms with E-state index < -0.39 is 6.04 Å². The van der Waals surface area contributed by atoms with Gasteiger partial charge in [0.2, 0.25) is 0 Å². The van der Waals surface area contributed by atoms with Crippen LogP contribution in [0.2, 0.25) is 0 Å². The molecule has 0 radical (unpaired) electrons. The van der Waals surface area contributed by atoms with E-state index in [1.165, 1.54) is 10.9 Å². The highest BCUT2D eigenvalue weighted by Gasteiger charge is 2.14. The fourth-order valence-electron chi connectivity index (χ4n) is 1.64. The molecule has 1 unspecified atom stereocenters. The van der Waals surface area contributed by atoms with Gasteiger partial charge in [-0.15, -0.1) is 11.3 Å². The second-order valence-corrected chi connectivity index (χ2v) is 5.04. The highest BCUT2D eigenvalue weighted by atomic mass is 32.1. The van der Waals surface area contributed by atoms with Crippen LogP contribution < -0.4 is 5.32 Å². The van der Waals surface area contributed by atoms with Gasteiger partial charge in [0.15, 0.2) is 0 Å². The number of nitrogens with one attached hydrogen (secondary N) is 1. The molecule has 0 saturated heterocycles. The number of anilines is 1. The summed E-state index contributed by atoms with van der Waals surface area (Å²) in [5, 5.41) is 12.1. The van der Waals surface area contributed by atoms with Crippen molar-refractivity contribution in [3.8, 4) is 6.07 Å². The first-order valence-electron chi connectivity index (χ1n) is 5.74. The highest BCUT2D eigenvalue weighted by molar-refractivity contribution is 7.12. The third-order valence-corrected chi connectivity index (χ3v) is 3.91. The maximum Gasteiger partial charge on any atom is 0.149 e. The van der Waals surface area contributed by atoms with Gasteiger partial charge in [0.25, 0.3) is 0 Å². The number of hydrogen-bond donors (Lipinski definition) is 1. The van der Waals surface area contributed by atoms with Gasteiger partial charge in [-0.05, 0) is 30.7 Å². The fourth-order valence-corrected chi connectivity index (χ4v) is 2.59. The summed E-state index contributed by atoms with van der Waals surface area (Å²) >= 11 is 1.58. The Morgan fingerprint density at radius 2 is 2.11 bits per heavy atom. The molecule has 1 aromatic carbocycles. The number of rotatable bonds is 4. The van der Waals surface area contributed by atoms with E-state index in [9.17, 15) is 9.65 Å². The van der Waals surface area contributed by atoms with Gasteiger partial charge in [-0.25, -0.2) is 4.39 Å². The zero-order chi connectivity index (χ0) is 13.0. The smallest absolute Gasteiger partial charge is 0.149 e. The van der Waals surface area contributed by atoms with Gasteiger partial charge in [-0.3, -0.25) is 0 Å². The number of thiophene rings is 1. The molecule has 0 fully saturated rings. The second kappa shape index (κ2) is 5.65. The van der Waals surface area contributed by atoms with Crippen molar-refractivity contribution in [2.75, 3.05) is 5.32 Å². The van der Waals surface area contributed by atoms with Crippen LogP contribution >= 0.6 is 11.3 Å². The number of halogens is 1. The molecule has 0 spiro atoms. The lowest BCUT2D eigenvalue weighted by molar-refractivity contribution is 0.629. The molecule has 2 nitrogen and oxygen atoms in total. The van der Waals surface area contributed by atoms with Crippen molar-refractivity contribution in [3.05, 3.63) is 52.0 Å². The van der Waals surface area contributed by atoms with Gasteiger partial charge in [0, 0.05) is 9.75 Å². The summed E-state index contributed by atoms with van der Waals surface area (Å²) in [4.78, 5) is 2.14. The van der Waals surface area contributed by atoms with Gasteiger partial charge in [-0.2, -0.15) is 5.26 Å². The molecule has 0 aliphatic carbocycles. The van der Waals surface area contributed by atoms with E-state index in [1.807, 2.05) is 12.1 Å². The van der Waals surface area contributed by atoms with Crippen molar-refractivity contribution in [1.82, 2.24) is 0 Å². The Bertz CT molecular complexity index is 571. The first kappa shape index (κ1) is 12.6. The average molecular weight is 260 g/mol. The lowest BCUT2D eigenvalue weighted by Crippen LogP contribution is -2.07. The number of benzene rings is 1. The SMILES string of the molecule is CCc1ccc(C(C#N)Nc2ccccc2F)s1. The summed E-state index contributed by atoms with van der Waals surface area (Å²) in [6.45, 7) is 2.07. The molecule has 0 amide bonds. The third kappa shape index (κ3) is 2.69. The molecule has 4 heteroatoms. The van der Waals surface area contributed by atoms with Crippen LogP contribution in [-0.4, -0.2) is 0 Å². The topological polar surface area (TPSA) is 35.8 Å². The molecule has 18 heavy (non-hydrogen) atoms. The van der Waals surface area contributed by atoms with Crippen molar-refractivity contribution < 1.29 is 4.39 Å². The Hall–Kier alpha value is -1.86. The van der Waals surface area contributed by atoms with Gasteiger partial charge in [-0.1, -0.05) is 19.1 Å². The number of aryl methyl sites for hydroxylation is 1. The number of nitriles is 1. The van der Waals surface area contributed by atoms with Crippen LogP contribution in [0.1, 0.15) is 22.7 Å². The van der Waals surface area contributed by atoms with Crippen LogP contribution in [0, 0.1) is 17.1 Å². The Morgan fingerprint density at radius 1 is 1.33 bits per heavy atom. The predicted molar refractivity (Wildman–Crippen MR) is 72.1 cm³/mol. The van der Waals surface area contributed by atoms with Gasteiger partial charge in [0.1, 0.15) is 11.9 Å². The van der Waals surface area contributed by atoms with E-state index in [1.54, 1.807) is 29.5 Å². The van der Waals surface area contributed by atoms with E-state index in [4.69, 9.17) is 0 Å². The summed E-state index contributed by atoms with van der Waals surface area (Å²) in [5.41, 5.74) is 0.357. The normalized spacial score (nSPS) is 11.8. The van der Waals surface area contributed by atoms with Crippen molar-refractivity contribution in [2.45, 2.75) is 19.4 Å². The Kier molecular flexibility index (Phi) is 3.96. The van der Waals surface area contributed by atoms with E-state index in [0.29, 0.717) is 5.69 Å². The number of hydrogen-bond acceptors (Lipinski definition) is 3. The minimum Gasteiger partial charge on any atom is -0.363 e. The van der Waals surface area contributed by atoms with Crippen molar-refractivity contribution >= 4 is 17.0 Å². The molecule has 0 bridgehead atoms. The van der Waals surface area contributed by atoms with E-state index in [0.717, 1.165) is 11.3 Å². The van der Waals surface area contributed by atoms with Crippen LogP contribution in [0.25, 0.3) is 0 Å². The molecule has 1 atom stereocenters. The molecular weight excluding hydrogens is 247 g/mol. The number of para-hydroxylation sites is 1. The molecular formula is C14H13FN2S. The van der Waals surface area contributed by atoms with Crippen LogP contribution in [-0.2, 0) is 6.42 Å². The van der Waals surface area contributed by atoms with Crippen molar-refractivity contribution in [2.24, 2.45) is 0 Å². The van der Waals surface area contributed by atoms with E-state index >= 15 is 0 Å². The first-order valence-corrected chi connectivity index (χ1v) is 6.55. The Balaban J connectivity index is 2.20. The van der Waals surface area contributed by atoms with E-state index in [-0.39, 0.29) is 5.82 Å². The maximum absolute atomic E-state index is 13.5. The Labute approximate surface area is 110 Å². The van der Waals surface area contributed by atoms with Gasteiger partial charge < -0.3 is 5.32 Å². The molecule has 0 aliphatic rings. The quantitative estimate of drug-likeness (QED) is 0.897. The second-order valence-electron chi connectivity index (χ2n) is 3.84. The van der Waals surface area contributed by atoms with Crippen molar-refractivity contribution in [1.29, 1.82) is 5.26 Å². The maximum atomic E-state index is 13.5. The monoisotopic (exact) mass is 260 g/mol. The number of nitrogens with zero attached hydrogens (tertiary/aromatic N) is 1. The summed E-state index contributed by atoms with van der Waals surface area (Å²) in [5.74, 6) is -0.343. The van der Waals surface area contributed by atoms with E-state index in [2.05, 4.69) is 18.3 Å². The molecule has 2 aromatic rings. The largest absolute Gasteiger partial charge is 0.363 e. The third-order valence-electron chi connectivity index (χ3n) is 2.62. The lowest BCUT2D eigenvalue weighted by Gasteiger charge is -2.11. The van der Waals surface area contributed by atoms with Gasteiger partial charge in [0.05, 0.1) is 11.8 Å². The molecule has 2 rings (SSSR count). The molecule has 1 aromatic heterocycles. The summed E-state index contributed by atoms with van der Waals surface area (Å²) in [6.07, 6.45) is 0.947. The zero-order valence-corrected chi connectivity index (χ0v) is 10.8. The summed E-state index contributed by atoms with van der Waals surface area (Å²) in [6, 6.07) is 12.0. The minimum absolute atomic E-state index is 0.343. The molecule has 1 N–H and O–H groups in total. The lowest BCUT2D eigenvalue weighted by atomic mass is 10.2. The zero-order valence-electron chi connectivity index (χ0n) is 9.98. The predicted octanol–water partition coefficient (Wildman–Crippen LogP) is 4.13. The molecule has 1 heterocycles. The molecule has 0 saturated carbocycles. The first-order chi connectivity index (χ1) is 8.74. The van der Waals surface area contributed by atoms with Crippen molar-refractivity contribution in [3.63, 3.8) is 0 Å². The Morgan fingerprint density at radius 3 is 2.72 bits per heavy atom. The fraction of sp³-hybridized carbons (Fsp3) is 0.214. The highest BCUT2D eigenvalue weighted by Crippen LogP contribution is 2.27. The average Bonchev–Trinajstić information content (AvgIpc) is 2.86. The van der Waals surface area contributed by atoms with Crippen LogP contribution in [0.15, 0.2) is 36.4 Å². The standard InChI is InChI=1S/C14H13FN2S/c1-2-10-7-8-14(18-10)13(9-16)17-12-6-4-3-5-11(12)15/h3-8,13,17H,2H2,1H3. The van der Waals surface area contributed by atoms with Gasteiger partial charge >= 0.3 is 0 Å². The minimum atomic E-state index is -0.507. The summed E-state index contributed by atoms with van der Waals surface area (Å²) < 4.78 is 13.5. The molecule has 0 aliphatic heterocycles. The van der Waals surface area contributed by atoms with Crippen LogP contribution in [0.4, 0.5) is 10.1 Å². The van der Waals surface area contributed by atoms with Crippen LogP contribution in [0.3, 0.4) is 0 Å². The summed E-state index contributed by atoms with van der Waals surface area (Å²) in [7, 11) is 0. The van der Waals surface area contributed by atoms with Crippen LogP contribution in [0.5, 0.6) is 0 Å². The molecule has 92 valence electrons.